The molecule has 0 aromatic carbocycles. The van der Waals surface area contributed by atoms with Crippen LogP contribution in [0.15, 0.2) is 18.3 Å². The first-order valence-electron chi connectivity index (χ1n) is 4.48. The van der Waals surface area contributed by atoms with Crippen molar-refractivity contribution in [3.05, 3.63) is 29.6 Å². The average Bonchev–Trinajstić information content (AvgIpc) is 2.19. The largest absolute Gasteiger partial charge is 0.477 e. The molecular formula is C10H12ClNO2. The molecule has 1 heterocycles. The first-order chi connectivity index (χ1) is 6.74. The fourth-order valence-electron chi connectivity index (χ4n) is 1.12. The van der Waals surface area contributed by atoms with Gasteiger partial charge < -0.3 is 5.11 Å². The Morgan fingerprint density at radius 2 is 2.21 bits per heavy atom. The monoisotopic (exact) mass is 213 g/mol. The molecule has 0 fully saturated rings. The summed E-state index contributed by atoms with van der Waals surface area (Å²) >= 11 is 5.54. The molecule has 0 spiro atoms. The third-order valence-electron chi connectivity index (χ3n) is 1.89. The number of hydrogen-bond acceptors (Lipinski definition) is 2. The molecule has 0 unspecified atom stereocenters. The van der Waals surface area contributed by atoms with E-state index < -0.39 is 5.97 Å². The predicted molar refractivity (Wildman–Crippen MR) is 54.9 cm³/mol. The molecule has 1 N–H and O–H groups in total. The van der Waals surface area contributed by atoms with Crippen LogP contribution in [0.4, 0.5) is 0 Å². The zero-order valence-electron chi connectivity index (χ0n) is 7.74. The second-order valence-corrected chi connectivity index (χ2v) is 3.38. The molecule has 4 heteroatoms. The van der Waals surface area contributed by atoms with Crippen molar-refractivity contribution in [2.24, 2.45) is 0 Å². The quantitative estimate of drug-likeness (QED) is 0.603. The Labute approximate surface area is 87.7 Å². The zero-order valence-corrected chi connectivity index (χ0v) is 8.50. The average molecular weight is 214 g/mol. The van der Waals surface area contributed by atoms with Crippen LogP contribution >= 0.6 is 11.6 Å². The van der Waals surface area contributed by atoms with E-state index >= 15 is 0 Å². The molecule has 0 bridgehead atoms. The summed E-state index contributed by atoms with van der Waals surface area (Å²) in [7, 11) is 0. The maximum atomic E-state index is 10.5. The maximum absolute atomic E-state index is 10.5. The summed E-state index contributed by atoms with van der Waals surface area (Å²) in [6, 6.07) is 3.32. The number of carboxylic acid groups (broad SMARTS) is 1. The summed E-state index contributed by atoms with van der Waals surface area (Å²) in [4.78, 5) is 14.3. The number of pyridine rings is 1. The molecule has 0 amide bonds. The smallest absolute Gasteiger partial charge is 0.354 e. The third kappa shape index (κ3) is 3.34. The van der Waals surface area contributed by atoms with Crippen LogP contribution < -0.4 is 0 Å². The van der Waals surface area contributed by atoms with Gasteiger partial charge in [0.1, 0.15) is 5.69 Å². The molecule has 0 saturated carbocycles. The summed E-state index contributed by atoms with van der Waals surface area (Å²) in [6.07, 6.45) is 4.50. The van der Waals surface area contributed by atoms with Gasteiger partial charge in [-0.15, -0.1) is 11.6 Å². The molecular weight excluding hydrogens is 202 g/mol. The van der Waals surface area contributed by atoms with Gasteiger partial charge in [0.2, 0.25) is 0 Å². The molecule has 14 heavy (non-hydrogen) atoms. The minimum absolute atomic E-state index is 0.0890. The number of carbonyl (C=O) groups is 1. The highest BCUT2D eigenvalue weighted by atomic mass is 35.5. The van der Waals surface area contributed by atoms with E-state index in [4.69, 9.17) is 16.7 Å². The maximum Gasteiger partial charge on any atom is 0.354 e. The Morgan fingerprint density at radius 1 is 1.43 bits per heavy atom. The van der Waals surface area contributed by atoms with Crippen LogP contribution in [-0.2, 0) is 6.42 Å². The Hall–Kier alpha value is -1.09. The van der Waals surface area contributed by atoms with Crippen molar-refractivity contribution in [1.29, 1.82) is 0 Å². The van der Waals surface area contributed by atoms with Crippen molar-refractivity contribution < 1.29 is 9.90 Å². The van der Waals surface area contributed by atoms with Crippen LogP contribution in [0.5, 0.6) is 0 Å². The van der Waals surface area contributed by atoms with E-state index in [1.165, 1.54) is 6.07 Å². The van der Waals surface area contributed by atoms with E-state index in [2.05, 4.69) is 4.98 Å². The SMILES string of the molecule is O=C(O)c1ccc(CCCCCl)cn1. The van der Waals surface area contributed by atoms with Gasteiger partial charge in [-0.05, 0) is 30.9 Å². The summed E-state index contributed by atoms with van der Waals surface area (Å²) in [5, 5.41) is 8.61. The molecule has 0 aliphatic rings. The lowest BCUT2D eigenvalue weighted by Gasteiger charge is -1.99. The van der Waals surface area contributed by atoms with Crippen molar-refractivity contribution in [3.8, 4) is 0 Å². The molecule has 0 radical (unpaired) electrons. The van der Waals surface area contributed by atoms with Crippen molar-refractivity contribution in [2.45, 2.75) is 19.3 Å². The lowest BCUT2D eigenvalue weighted by molar-refractivity contribution is 0.0690. The molecule has 3 nitrogen and oxygen atoms in total. The predicted octanol–water partition coefficient (Wildman–Crippen LogP) is 2.34. The van der Waals surface area contributed by atoms with Crippen LogP contribution in [0.25, 0.3) is 0 Å². The molecule has 0 atom stereocenters. The fraction of sp³-hybridized carbons (Fsp3) is 0.400. The zero-order chi connectivity index (χ0) is 10.4. The first-order valence-corrected chi connectivity index (χ1v) is 5.01. The number of halogens is 1. The molecule has 1 aromatic heterocycles. The number of rotatable bonds is 5. The van der Waals surface area contributed by atoms with Gasteiger partial charge in [0, 0.05) is 12.1 Å². The number of aromatic carboxylic acids is 1. The number of aromatic nitrogens is 1. The highest BCUT2D eigenvalue weighted by Crippen LogP contribution is 2.05. The second-order valence-electron chi connectivity index (χ2n) is 3.00. The minimum atomic E-state index is -0.989. The second kappa shape index (κ2) is 5.60. The molecule has 0 saturated heterocycles. The summed E-state index contributed by atoms with van der Waals surface area (Å²) in [5.74, 6) is -0.321. The van der Waals surface area contributed by atoms with Gasteiger partial charge in [-0.3, -0.25) is 0 Å². The minimum Gasteiger partial charge on any atom is -0.477 e. The van der Waals surface area contributed by atoms with Gasteiger partial charge in [-0.1, -0.05) is 6.07 Å². The number of carboxylic acids is 1. The van der Waals surface area contributed by atoms with E-state index in [-0.39, 0.29) is 5.69 Å². The highest BCUT2D eigenvalue weighted by Gasteiger charge is 2.02. The summed E-state index contributed by atoms with van der Waals surface area (Å²) in [6.45, 7) is 0. The van der Waals surface area contributed by atoms with Crippen LogP contribution in [0, 0.1) is 0 Å². The van der Waals surface area contributed by atoms with Gasteiger partial charge >= 0.3 is 5.97 Å². The Balaban J connectivity index is 2.51. The number of unbranched alkanes of at least 4 members (excludes halogenated alkanes) is 1. The van der Waals surface area contributed by atoms with Gasteiger partial charge in [0.15, 0.2) is 0 Å². The number of hydrogen-bond donors (Lipinski definition) is 1. The standard InChI is InChI=1S/C10H12ClNO2/c11-6-2-1-3-8-4-5-9(10(13)14)12-7-8/h4-5,7H,1-3,6H2,(H,13,14). The molecule has 0 aliphatic carbocycles. The van der Waals surface area contributed by atoms with Crippen molar-refractivity contribution >= 4 is 17.6 Å². The normalized spacial score (nSPS) is 10.1. The lowest BCUT2D eigenvalue weighted by atomic mass is 10.1. The van der Waals surface area contributed by atoms with E-state index in [0.29, 0.717) is 5.88 Å². The van der Waals surface area contributed by atoms with E-state index in [1.807, 2.05) is 0 Å². The summed E-state index contributed by atoms with van der Waals surface area (Å²) in [5.41, 5.74) is 1.14. The Kier molecular flexibility index (Phi) is 4.40. The first kappa shape index (κ1) is 11.0. The fourth-order valence-corrected chi connectivity index (χ4v) is 1.31. The van der Waals surface area contributed by atoms with Gasteiger partial charge in [-0.25, -0.2) is 9.78 Å². The van der Waals surface area contributed by atoms with Gasteiger partial charge in [0.05, 0.1) is 0 Å². The van der Waals surface area contributed by atoms with Crippen LogP contribution in [0.1, 0.15) is 28.9 Å². The van der Waals surface area contributed by atoms with E-state index in [9.17, 15) is 4.79 Å². The van der Waals surface area contributed by atoms with Crippen molar-refractivity contribution in [2.75, 3.05) is 5.88 Å². The lowest BCUT2D eigenvalue weighted by Crippen LogP contribution is -2.00. The summed E-state index contributed by atoms with van der Waals surface area (Å²) < 4.78 is 0. The van der Waals surface area contributed by atoms with Crippen LogP contribution in [0.2, 0.25) is 0 Å². The van der Waals surface area contributed by atoms with E-state index in [1.54, 1.807) is 12.3 Å². The van der Waals surface area contributed by atoms with Crippen LogP contribution in [0.3, 0.4) is 0 Å². The number of alkyl halides is 1. The van der Waals surface area contributed by atoms with Gasteiger partial charge in [-0.2, -0.15) is 0 Å². The molecule has 76 valence electrons. The van der Waals surface area contributed by atoms with Crippen molar-refractivity contribution in [3.63, 3.8) is 0 Å². The topological polar surface area (TPSA) is 50.2 Å². The Morgan fingerprint density at radius 3 is 2.71 bits per heavy atom. The number of nitrogens with zero attached hydrogens (tertiary/aromatic N) is 1. The number of aryl methyl sites for hydroxylation is 1. The van der Waals surface area contributed by atoms with Crippen molar-refractivity contribution in [1.82, 2.24) is 4.98 Å². The molecule has 0 aliphatic heterocycles. The third-order valence-corrected chi connectivity index (χ3v) is 2.16. The highest BCUT2D eigenvalue weighted by molar-refractivity contribution is 6.17. The van der Waals surface area contributed by atoms with Gasteiger partial charge in [0.25, 0.3) is 0 Å². The molecule has 1 aromatic rings. The Bertz CT molecular complexity index is 297. The van der Waals surface area contributed by atoms with E-state index in [0.717, 1.165) is 24.8 Å². The van der Waals surface area contributed by atoms with Crippen LogP contribution in [-0.4, -0.2) is 21.9 Å². The molecule has 1 rings (SSSR count).